The van der Waals surface area contributed by atoms with Crippen molar-refractivity contribution in [2.45, 2.75) is 6.54 Å². The number of hydrogen-bond acceptors (Lipinski definition) is 4. The van der Waals surface area contributed by atoms with Crippen molar-refractivity contribution in [2.24, 2.45) is 7.05 Å². The first kappa shape index (κ1) is 18.3. The van der Waals surface area contributed by atoms with Gasteiger partial charge in [0.25, 0.3) is 17.4 Å². The van der Waals surface area contributed by atoms with Crippen LogP contribution in [0.25, 0.3) is 10.8 Å². The summed E-state index contributed by atoms with van der Waals surface area (Å²) >= 11 is 0. The van der Waals surface area contributed by atoms with E-state index in [0.717, 1.165) is 5.56 Å². The van der Waals surface area contributed by atoms with Crippen molar-refractivity contribution in [1.82, 2.24) is 20.0 Å². The Bertz CT molecular complexity index is 1070. The Hall–Kier alpha value is -3.48. The highest BCUT2D eigenvalue weighted by Gasteiger charge is 2.19. The Morgan fingerprint density at radius 3 is 2.33 bits per heavy atom. The summed E-state index contributed by atoms with van der Waals surface area (Å²) in [6.45, 7) is 0.353. The van der Waals surface area contributed by atoms with Gasteiger partial charge in [-0.1, -0.05) is 30.3 Å². The van der Waals surface area contributed by atoms with Gasteiger partial charge in [0.1, 0.15) is 0 Å². The van der Waals surface area contributed by atoms with Gasteiger partial charge in [0.15, 0.2) is 5.69 Å². The number of carbonyl (C=O) groups excluding carboxylic acids is 2. The molecule has 0 aliphatic rings. The molecule has 1 N–H and O–H groups in total. The second-order valence-corrected chi connectivity index (χ2v) is 6.26. The highest BCUT2D eigenvalue weighted by atomic mass is 16.2. The van der Waals surface area contributed by atoms with Crippen LogP contribution in [-0.2, 0) is 13.6 Å². The van der Waals surface area contributed by atoms with Crippen LogP contribution in [0.5, 0.6) is 0 Å². The summed E-state index contributed by atoms with van der Waals surface area (Å²) in [7, 11) is 4.78. The summed E-state index contributed by atoms with van der Waals surface area (Å²) in [4.78, 5) is 38.3. The lowest BCUT2D eigenvalue weighted by molar-refractivity contribution is 0.0778. The molecular weight excluding hydrogens is 344 g/mol. The summed E-state index contributed by atoms with van der Waals surface area (Å²) in [5, 5.41) is 7.73. The molecule has 27 heavy (non-hydrogen) atoms. The molecule has 0 bridgehead atoms. The Morgan fingerprint density at radius 2 is 1.70 bits per heavy atom. The van der Waals surface area contributed by atoms with Crippen LogP contribution in [0.1, 0.15) is 26.4 Å². The van der Waals surface area contributed by atoms with E-state index in [9.17, 15) is 14.4 Å². The molecule has 0 unspecified atom stereocenters. The van der Waals surface area contributed by atoms with Crippen molar-refractivity contribution in [3.63, 3.8) is 0 Å². The minimum Gasteiger partial charge on any atom is -0.355 e. The average Bonchev–Trinajstić information content (AvgIpc) is 2.70. The molecule has 3 aromatic rings. The molecule has 0 atom stereocenters. The third kappa shape index (κ3) is 3.57. The van der Waals surface area contributed by atoms with Gasteiger partial charge in [-0.25, -0.2) is 4.68 Å². The van der Waals surface area contributed by atoms with E-state index in [1.807, 2.05) is 0 Å². The van der Waals surface area contributed by atoms with Crippen LogP contribution in [0.2, 0.25) is 0 Å². The Morgan fingerprint density at radius 1 is 1.07 bits per heavy atom. The number of amides is 2. The number of carbonyl (C=O) groups is 2. The van der Waals surface area contributed by atoms with Gasteiger partial charge >= 0.3 is 0 Å². The molecule has 1 heterocycles. The first-order valence-corrected chi connectivity index (χ1v) is 8.45. The molecule has 0 aliphatic heterocycles. The van der Waals surface area contributed by atoms with E-state index < -0.39 is 0 Å². The maximum absolute atomic E-state index is 12.9. The molecule has 2 amide bonds. The van der Waals surface area contributed by atoms with E-state index in [0.29, 0.717) is 22.9 Å². The van der Waals surface area contributed by atoms with Crippen molar-refractivity contribution in [1.29, 1.82) is 0 Å². The van der Waals surface area contributed by atoms with E-state index >= 15 is 0 Å². The molecule has 0 fully saturated rings. The second-order valence-electron chi connectivity index (χ2n) is 6.26. The van der Waals surface area contributed by atoms with Crippen LogP contribution in [0.15, 0.2) is 53.3 Å². The molecule has 2 aromatic carbocycles. The second kappa shape index (κ2) is 7.41. The van der Waals surface area contributed by atoms with Gasteiger partial charge in [0.2, 0.25) is 0 Å². The molecule has 0 saturated heterocycles. The first-order chi connectivity index (χ1) is 12.9. The van der Waals surface area contributed by atoms with Crippen LogP contribution in [0.4, 0.5) is 0 Å². The lowest BCUT2D eigenvalue weighted by Gasteiger charge is -2.18. The van der Waals surface area contributed by atoms with Gasteiger partial charge in [0, 0.05) is 38.6 Å². The minimum atomic E-state index is -0.280. The average molecular weight is 364 g/mol. The summed E-state index contributed by atoms with van der Waals surface area (Å²) in [5.41, 5.74) is 1.43. The summed E-state index contributed by atoms with van der Waals surface area (Å²) in [5.74, 6) is -0.441. The molecule has 0 aliphatic carbocycles. The predicted octanol–water partition coefficient (Wildman–Crippen LogP) is 1.57. The number of nitrogens with one attached hydrogen (secondary N) is 1. The lowest BCUT2D eigenvalue weighted by atomic mass is 10.1. The summed E-state index contributed by atoms with van der Waals surface area (Å²) in [6.07, 6.45) is 0. The van der Waals surface area contributed by atoms with Gasteiger partial charge in [-0.15, -0.1) is 0 Å². The topological polar surface area (TPSA) is 84.3 Å². The fourth-order valence-electron chi connectivity index (χ4n) is 2.89. The molecule has 0 spiro atoms. The Labute approximate surface area is 156 Å². The highest BCUT2D eigenvalue weighted by Crippen LogP contribution is 2.16. The number of aryl methyl sites for hydroxylation is 1. The van der Waals surface area contributed by atoms with E-state index in [-0.39, 0.29) is 23.1 Å². The van der Waals surface area contributed by atoms with Gasteiger partial charge in [0.05, 0.1) is 5.39 Å². The summed E-state index contributed by atoms with van der Waals surface area (Å²) < 4.78 is 1.18. The molecular formula is C20H20N4O3. The first-order valence-electron chi connectivity index (χ1n) is 8.45. The van der Waals surface area contributed by atoms with Crippen LogP contribution in [0, 0.1) is 0 Å². The lowest BCUT2D eigenvalue weighted by Crippen LogP contribution is -2.31. The number of benzene rings is 2. The van der Waals surface area contributed by atoms with Crippen molar-refractivity contribution < 1.29 is 9.59 Å². The SMILES string of the molecule is CNC(=O)c1ccc(CN(C)C(=O)c2nn(C)c(=O)c3ccccc23)cc1. The van der Waals surface area contributed by atoms with Crippen LogP contribution < -0.4 is 10.9 Å². The third-order valence-electron chi connectivity index (χ3n) is 4.37. The molecule has 0 saturated carbocycles. The molecule has 7 nitrogen and oxygen atoms in total. The fourth-order valence-corrected chi connectivity index (χ4v) is 2.89. The molecule has 138 valence electrons. The Balaban J connectivity index is 1.88. The van der Waals surface area contributed by atoms with Crippen LogP contribution in [-0.4, -0.2) is 40.6 Å². The largest absolute Gasteiger partial charge is 0.355 e. The fraction of sp³-hybridized carbons (Fsp3) is 0.200. The van der Waals surface area contributed by atoms with E-state index in [1.54, 1.807) is 62.6 Å². The van der Waals surface area contributed by atoms with Gasteiger partial charge < -0.3 is 10.2 Å². The zero-order valence-corrected chi connectivity index (χ0v) is 15.4. The normalized spacial score (nSPS) is 10.6. The smallest absolute Gasteiger partial charge is 0.274 e. The molecule has 3 rings (SSSR count). The van der Waals surface area contributed by atoms with Gasteiger partial charge in [-0.2, -0.15) is 5.10 Å². The van der Waals surface area contributed by atoms with Gasteiger partial charge in [-0.3, -0.25) is 14.4 Å². The minimum absolute atomic E-state index is 0.160. The molecule has 0 radical (unpaired) electrons. The van der Waals surface area contributed by atoms with Crippen LogP contribution >= 0.6 is 0 Å². The van der Waals surface area contributed by atoms with Crippen LogP contribution in [0.3, 0.4) is 0 Å². The molecule has 1 aromatic heterocycles. The summed E-state index contributed by atoms with van der Waals surface area (Å²) in [6, 6.07) is 14.0. The quantitative estimate of drug-likeness (QED) is 0.762. The van der Waals surface area contributed by atoms with Gasteiger partial charge in [-0.05, 0) is 23.8 Å². The molecule has 7 heteroatoms. The van der Waals surface area contributed by atoms with Crippen molar-refractivity contribution in [2.75, 3.05) is 14.1 Å². The van der Waals surface area contributed by atoms with Crippen molar-refractivity contribution in [3.8, 4) is 0 Å². The van der Waals surface area contributed by atoms with E-state index in [4.69, 9.17) is 0 Å². The predicted molar refractivity (Wildman–Crippen MR) is 103 cm³/mol. The highest BCUT2D eigenvalue weighted by molar-refractivity contribution is 6.04. The monoisotopic (exact) mass is 364 g/mol. The van der Waals surface area contributed by atoms with E-state index in [1.165, 1.54) is 16.6 Å². The number of rotatable bonds is 4. The zero-order chi connectivity index (χ0) is 19.6. The number of fused-ring (bicyclic) bond motifs is 1. The maximum Gasteiger partial charge on any atom is 0.274 e. The van der Waals surface area contributed by atoms with Crippen molar-refractivity contribution in [3.05, 3.63) is 75.7 Å². The number of hydrogen-bond donors (Lipinski definition) is 1. The number of aromatic nitrogens is 2. The standard InChI is InChI=1S/C20H20N4O3/c1-21-18(25)14-10-8-13(9-11-14)12-23(2)20(27)17-15-6-4-5-7-16(15)19(26)24(3)22-17/h4-11H,12H2,1-3H3,(H,21,25). The maximum atomic E-state index is 12.9. The third-order valence-corrected chi connectivity index (χ3v) is 4.37. The van der Waals surface area contributed by atoms with Crippen molar-refractivity contribution >= 4 is 22.6 Å². The number of nitrogens with zero attached hydrogens (tertiary/aromatic N) is 3. The zero-order valence-electron chi connectivity index (χ0n) is 15.4. The van der Waals surface area contributed by atoms with E-state index in [2.05, 4.69) is 10.4 Å². The Kier molecular flexibility index (Phi) is 5.03.